The minimum absolute atomic E-state index is 0.247. The minimum atomic E-state index is -0.697. The molecule has 2 N–H and O–H groups in total. The van der Waals surface area contributed by atoms with Crippen molar-refractivity contribution in [2.45, 2.75) is 18.4 Å². The van der Waals surface area contributed by atoms with E-state index in [9.17, 15) is 9.90 Å². The molecule has 0 aromatic heterocycles. The fourth-order valence-corrected chi connectivity index (χ4v) is 3.92. The van der Waals surface area contributed by atoms with Crippen LogP contribution in [-0.2, 0) is 10.3 Å². The quantitative estimate of drug-likeness (QED) is 0.742. The average molecular weight is 388 g/mol. The topological polar surface area (TPSA) is 80.3 Å². The van der Waals surface area contributed by atoms with Crippen LogP contribution in [0.1, 0.15) is 18.4 Å². The van der Waals surface area contributed by atoms with Crippen molar-refractivity contribution >= 4 is 5.97 Å². The minimum Gasteiger partial charge on any atom is -0.493 e. The van der Waals surface area contributed by atoms with Crippen LogP contribution in [0.3, 0.4) is 0 Å². The zero-order valence-electron chi connectivity index (χ0n) is 16.6. The predicted octanol–water partition coefficient (Wildman–Crippen LogP) is 2.38. The van der Waals surface area contributed by atoms with Gasteiger partial charge in [-0.2, -0.15) is 0 Å². The van der Waals surface area contributed by atoms with E-state index in [-0.39, 0.29) is 5.92 Å². The molecular formula is C21H28N2O5. The molecule has 7 heteroatoms. The van der Waals surface area contributed by atoms with Crippen LogP contribution in [0.5, 0.6) is 17.2 Å². The van der Waals surface area contributed by atoms with Crippen molar-refractivity contribution < 1.29 is 24.1 Å². The maximum atomic E-state index is 11.2. The first-order chi connectivity index (χ1) is 13.5. The number of carboxylic acids is 1. The summed E-state index contributed by atoms with van der Waals surface area (Å²) in [6.07, 6.45) is 9.35. The summed E-state index contributed by atoms with van der Waals surface area (Å²) in [4.78, 5) is 13.6. The van der Waals surface area contributed by atoms with E-state index < -0.39 is 11.5 Å². The van der Waals surface area contributed by atoms with Gasteiger partial charge in [0.1, 0.15) is 0 Å². The van der Waals surface area contributed by atoms with Crippen molar-refractivity contribution in [1.82, 2.24) is 10.2 Å². The molecule has 3 rings (SSSR count). The summed E-state index contributed by atoms with van der Waals surface area (Å²) >= 11 is 0. The summed E-state index contributed by atoms with van der Waals surface area (Å²) in [5, 5.41) is 12.7. The Bertz CT molecular complexity index is 743. The number of piperidine rings is 1. The molecule has 1 saturated heterocycles. The maximum Gasteiger partial charge on any atom is 0.306 e. The van der Waals surface area contributed by atoms with E-state index in [0.29, 0.717) is 36.6 Å². The lowest BCUT2D eigenvalue weighted by Crippen LogP contribution is -2.50. The normalized spacial score (nSPS) is 22.5. The van der Waals surface area contributed by atoms with E-state index >= 15 is 0 Å². The molecule has 0 spiro atoms. The number of dihydropyridines is 1. The molecule has 0 bridgehead atoms. The summed E-state index contributed by atoms with van der Waals surface area (Å²) < 4.78 is 16.5. The molecule has 1 aromatic carbocycles. The van der Waals surface area contributed by atoms with E-state index in [1.54, 1.807) is 21.3 Å². The van der Waals surface area contributed by atoms with Gasteiger partial charge in [-0.3, -0.25) is 4.79 Å². The molecule has 0 aliphatic carbocycles. The van der Waals surface area contributed by atoms with E-state index in [0.717, 1.165) is 18.7 Å². The van der Waals surface area contributed by atoms with Crippen LogP contribution >= 0.6 is 0 Å². The lowest BCUT2D eigenvalue weighted by molar-refractivity contribution is -0.143. The van der Waals surface area contributed by atoms with Crippen molar-refractivity contribution in [2.75, 3.05) is 41.0 Å². The van der Waals surface area contributed by atoms with Crippen LogP contribution in [0.25, 0.3) is 0 Å². The molecule has 7 nitrogen and oxygen atoms in total. The van der Waals surface area contributed by atoms with Crippen LogP contribution in [0.15, 0.2) is 36.6 Å². The monoisotopic (exact) mass is 388 g/mol. The van der Waals surface area contributed by atoms with Gasteiger partial charge in [0, 0.05) is 6.54 Å². The van der Waals surface area contributed by atoms with Crippen molar-refractivity contribution in [3.63, 3.8) is 0 Å². The fourth-order valence-electron chi connectivity index (χ4n) is 3.92. The van der Waals surface area contributed by atoms with Gasteiger partial charge in [0.15, 0.2) is 11.5 Å². The molecule has 1 fully saturated rings. The van der Waals surface area contributed by atoms with Gasteiger partial charge in [0.2, 0.25) is 5.75 Å². The fraction of sp³-hybridized carbons (Fsp3) is 0.476. The van der Waals surface area contributed by atoms with Crippen molar-refractivity contribution in [2.24, 2.45) is 5.92 Å². The number of allylic oxidation sites excluding steroid dienone is 2. The second-order valence-corrected chi connectivity index (χ2v) is 7.14. The second-order valence-electron chi connectivity index (χ2n) is 7.14. The highest BCUT2D eigenvalue weighted by Crippen LogP contribution is 2.42. The largest absolute Gasteiger partial charge is 0.493 e. The third-order valence-corrected chi connectivity index (χ3v) is 5.52. The highest BCUT2D eigenvalue weighted by atomic mass is 16.5. The van der Waals surface area contributed by atoms with Crippen LogP contribution in [-0.4, -0.2) is 56.9 Å². The van der Waals surface area contributed by atoms with Crippen LogP contribution in [0, 0.1) is 5.92 Å². The molecule has 28 heavy (non-hydrogen) atoms. The second kappa shape index (κ2) is 8.56. The number of hydrogen-bond donors (Lipinski definition) is 2. The number of ether oxygens (including phenoxy) is 3. The lowest BCUT2D eigenvalue weighted by Gasteiger charge is -2.40. The number of carbonyl (C=O) groups is 1. The Morgan fingerprint density at radius 2 is 1.79 bits per heavy atom. The Hall–Kier alpha value is -2.67. The van der Waals surface area contributed by atoms with Gasteiger partial charge in [-0.1, -0.05) is 12.2 Å². The van der Waals surface area contributed by atoms with Gasteiger partial charge in [-0.25, -0.2) is 0 Å². The van der Waals surface area contributed by atoms with Gasteiger partial charge in [-0.15, -0.1) is 0 Å². The maximum absolute atomic E-state index is 11.2. The number of benzene rings is 1. The van der Waals surface area contributed by atoms with Crippen molar-refractivity contribution in [3.05, 3.63) is 42.1 Å². The summed E-state index contributed by atoms with van der Waals surface area (Å²) in [6, 6.07) is 3.92. The first-order valence-corrected chi connectivity index (χ1v) is 9.40. The number of likely N-dealkylation sites (tertiary alicyclic amines) is 1. The Balaban J connectivity index is 1.91. The summed E-state index contributed by atoms with van der Waals surface area (Å²) in [6.45, 7) is 2.21. The molecule has 0 amide bonds. The van der Waals surface area contributed by atoms with E-state index in [1.807, 2.05) is 30.5 Å². The lowest BCUT2D eigenvalue weighted by atomic mass is 9.85. The highest BCUT2D eigenvalue weighted by molar-refractivity contribution is 5.70. The zero-order chi connectivity index (χ0) is 20.1. The summed E-state index contributed by atoms with van der Waals surface area (Å²) in [5.41, 5.74) is 0.514. The van der Waals surface area contributed by atoms with E-state index in [2.05, 4.69) is 16.3 Å². The number of aliphatic carboxylic acids is 1. The standard InChI is InChI=1S/C21H28N2O5/c1-26-17-12-16(13-18(27-2)19(17)28-3)21(8-4-5-9-22-21)14-23-10-6-15(7-11-23)20(24)25/h4-5,8-9,12-13,15,22H,6-7,10-11,14H2,1-3H3,(H,24,25). The Morgan fingerprint density at radius 3 is 2.25 bits per heavy atom. The van der Waals surface area contributed by atoms with Gasteiger partial charge in [0.25, 0.3) is 0 Å². The molecule has 0 saturated carbocycles. The molecule has 1 aromatic rings. The predicted molar refractivity (Wildman–Crippen MR) is 106 cm³/mol. The summed E-state index contributed by atoms with van der Waals surface area (Å²) in [7, 11) is 4.80. The Labute approximate surface area is 165 Å². The zero-order valence-corrected chi connectivity index (χ0v) is 16.6. The summed E-state index contributed by atoms with van der Waals surface area (Å²) in [5.74, 6) is 0.818. The Kier molecular flexibility index (Phi) is 6.14. The Morgan fingerprint density at radius 1 is 1.14 bits per heavy atom. The number of methoxy groups -OCH3 is 3. The molecule has 1 unspecified atom stereocenters. The average Bonchev–Trinajstić information content (AvgIpc) is 2.73. The number of nitrogens with one attached hydrogen (secondary N) is 1. The van der Waals surface area contributed by atoms with Gasteiger partial charge in [-0.05, 0) is 55.9 Å². The first kappa shape index (κ1) is 20.1. The molecular weight excluding hydrogens is 360 g/mol. The van der Waals surface area contributed by atoms with Crippen molar-refractivity contribution in [3.8, 4) is 17.2 Å². The molecule has 152 valence electrons. The number of nitrogens with zero attached hydrogens (tertiary/aromatic N) is 1. The highest BCUT2D eigenvalue weighted by Gasteiger charge is 2.35. The number of hydrogen-bond acceptors (Lipinski definition) is 6. The van der Waals surface area contributed by atoms with E-state index in [4.69, 9.17) is 14.2 Å². The number of carboxylic acid groups (broad SMARTS) is 1. The SMILES string of the molecule is COc1cc(C2(CN3CCC(C(=O)O)CC3)C=CC=CN2)cc(OC)c1OC. The molecule has 2 aliphatic rings. The van der Waals surface area contributed by atoms with Crippen molar-refractivity contribution in [1.29, 1.82) is 0 Å². The smallest absolute Gasteiger partial charge is 0.306 e. The molecule has 1 atom stereocenters. The third kappa shape index (κ3) is 3.94. The molecule has 0 radical (unpaired) electrons. The number of rotatable bonds is 7. The van der Waals surface area contributed by atoms with E-state index in [1.165, 1.54) is 0 Å². The van der Waals surface area contributed by atoms with Crippen LogP contribution in [0.4, 0.5) is 0 Å². The molecule has 2 aliphatic heterocycles. The molecule has 2 heterocycles. The third-order valence-electron chi connectivity index (χ3n) is 5.52. The van der Waals surface area contributed by atoms with Gasteiger partial charge in [0.05, 0.1) is 32.8 Å². The van der Waals surface area contributed by atoms with Gasteiger partial charge >= 0.3 is 5.97 Å². The van der Waals surface area contributed by atoms with Gasteiger partial charge < -0.3 is 29.5 Å². The van der Waals surface area contributed by atoms with Crippen LogP contribution in [0.2, 0.25) is 0 Å². The van der Waals surface area contributed by atoms with Crippen LogP contribution < -0.4 is 19.5 Å². The first-order valence-electron chi connectivity index (χ1n) is 9.40.